The first-order valence-electron chi connectivity index (χ1n) is 10.6. The summed E-state index contributed by atoms with van der Waals surface area (Å²) in [6, 6.07) is 4.47. The van der Waals surface area contributed by atoms with Gasteiger partial charge >= 0.3 is 12.1 Å². The second-order valence-corrected chi connectivity index (χ2v) is 9.54. The van der Waals surface area contributed by atoms with E-state index in [-0.39, 0.29) is 23.2 Å². The molecule has 0 saturated heterocycles. The number of hydrogen-bond donors (Lipinski definition) is 4. The Morgan fingerprint density at radius 1 is 1.19 bits per heavy atom. The highest BCUT2D eigenvalue weighted by atomic mass is 32.2. The molecule has 0 amide bonds. The molecule has 6 atom stereocenters. The van der Waals surface area contributed by atoms with Crippen molar-refractivity contribution in [2.75, 3.05) is 5.75 Å². The molecule has 0 aliphatic heterocycles. The molecule has 1 aromatic rings. The first-order chi connectivity index (χ1) is 14.5. The van der Waals surface area contributed by atoms with Gasteiger partial charge in [-0.3, -0.25) is 4.79 Å². The number of carboxylic acids is 1. The molecule has 2 rings (SSSR count). The summed E-state index contributed by atoms with van der Waals surface area (Å²) in [5.74, 6) is -1.78. The van der Waals surface area contributed by atoms with Gasteiger partial charge < -0.3 is 20.4 Å². The van der Waals surface area contributed by atoms with E-state index >= 15 is 0 Å². The Morgan fingerprint density at radius 3 is 2.52 bits per heavy atom. The number of unbranched alkanes of at least 4 members (excludes halogenated alkanes) is 2. The number of hydrogen-bond acceptors (Lipinski definition) is 5. The van der Waals surface area contributed by atoms with Gasteiger partial charge in [0.15, 0.2) is 0 Å². The number of carbonyl (C=O) groups is 1. The lowest BCUT2D eigenvalue weighted by Crippen LogP contribution is -2.26. The standard InChI is InChI=1S/C22H31F3O5S/c1-13(26)12-31-20-17(18(27)11-19(20)28)9-4-2-3-8-16(21(29)30)14-6-5-7-15(10-14)22(23,24)25/h5-7,10,13,16-20,26-28H,2-4,8-9,11-12H2,1H3,(H,29,30)/t13?,16?,17-,18?,19?,20+/m0/s1. The molecule has 0 heterocycles. The largest absolute Gasteiger partial charge is 0.481 e. The van der Waals surface area contributed by atoms with Crippen molar-refractivity contribution in [3.63, 3.8) is 0 Å². The third-order valence-electron chi connectivity index (χ3n) is 5.75. The molecule has 1 aliphatic carbocycles. The topological polar surface area (TPSA) is 98.0 Å². The number of benzene rings is 1. The van der Waals surface area contributed by atoms with Crippen LogP contribution in [0.1, 0.15) is 62.5 Å². The predicted octanol–water partition coefficient (Wildman–Crippen LogP) is 4.05. The summed E-state index contributed by atoms with van der Waals surface area (Å²) in [6.45, 7) is 1.67. The number of thioether (sulfide) groups is 1. The van der Waals surface area contributed by atoms with Crippen LogP contribution in [-0.4, -0.2) is 55.7 Å². The first kappa shape index (κ1) is 26.0. The minimum Gasteiger partial charge on any atom is -0.481 e. The molecule has 0 spiro atoms. The lowest BCUT2D eigenvalue weighted by atomic mass is 9.91. The minimum absolute atomic E-state index is 0.0995. The fourth-order valence-corrected chi connectivity index (χ4v) is 5.57. The molecule has 1 aliphatic rings. The number of aliphatic carboxylic acids is 1. The summed E-state index contributed by atoms with van der Waals surface area (Å²) in [4.78, 5) is 11.6. The third kappa shape index (κ3) is 7.66. The van der Waals surface area contributed by atoms with Crippen molar-refractivity contribution in [1.29, 1.82) is 0 Å². The van der Waals surface area contributed by atoms with Gasteiger partial charge in [-0.2, -0.15) is 24.9 Å². The zero-order valence-corrected chi connectivity index (χ0v) is 18.3. The van der Waals surface area contributed by atoms with Crippen LogP contribution in [0.2, 0.25) is 0 Å². The fraction of sp³-hybridized carbons (Fsp3) is 0.682. The normalized spacial score (nSPS) is 26.0. The van der Waals surface area contributed by atoms with E-state index in [4.69, 9.17) is 0 Å². The summed E-state index contributed by atoms with van der Waals surface area (Å²) in [5, 5.41) is 39.2. The first-order valence-corrected chi connectivity index (χ1v) is 11.6. The second kappa shape index (κ2) is 11.5. The Bertz CT molecular complexity index is 713. The van der Waals surface area contributed by atoms with Crippen LogP contribution < -0.4 is 0 Å². The number of halogens is 3. The van der Waals surface area contributed by atoms with E-state index in [1.807, 2.05) is 0 Å². The van der Waals surface area contributed by atoms with Crippen LogP contribution in [0.3, 0.4) is 0 Å². The molecular formula is C22H31F3O5S. The number of alkyl halides is 3. The molecule has 1 fully saturated rings. The van der Waals surface area contributed by atoms with Gasteiger partial charge in [0, 0.05) is 17.4 Å². The van der Waals surface area contributed by atoms with Gasteiger partial charge in [-0.25, -0.2) is 0 Å². The van der Waals surface area contributed by atoms with Crippen molar-refractivity contribution in [3.8, 4) is 0 Å². The molecule has 1 aromatic carbocycles. The molecule has 0 radical (unpaired) electrons. The molecule has 4 unspecified atom stereocenters. The smallest absolute Gasteiger partial charge is 0.416 e. The average Bonchev–Trinajstić information content (AvgIpc) is 2.94. The Hall–Kier alpha value is -1.29. The van der Waals surface area contributed by atoms with Crippen LogP contribution in [0.4, 0.5) is 13.2 Å². The highest BCUT2D eigenvalue weighted by Gasteiger charge is 2.41. The zero-order valence-electron chi connectivity index (χ0n) is 17.5. The number of rotatable bonds is 11. The molecule has 4 N–H and O–H groups in total. The summed E-state index contributed by atoms with van der Waals surface area (Å²) in [7, 11) is 0. The third-order valence-corrected chi connectivity index (χ3v) is 7.48. The molecule has 9 heteroatoms. The Morgan fingerprint density at radius 2 is 1.90 bits per heavy atom. The predicted molar refractivity (Wildman–Crippen MR) is 113 cm³/mol. The fourth-order valence-electron chi connectivity index (χ4n) is 4.17. The summed E-state index contributed by atoms with van der Waals surface area (Å²) in [5.41, 5.74) is -0.711. The minimum atomic E-state index is -4.52. The van der Waals surface area contributed by atoms with E-state index < -0.39 is 41.9 Å². The quantitative estimate of drug-likeness (QED) is 0.369. The van der Waals surface area contributed by atoms with Crippen LogP contribution in [-0.2, 0) is 11.0 Å². The van der Waals surface area contributed by atoms with E-state index in [2.05, 4.69) is 0 Å². The van der Waals surface area contributed by atoms with Gasteiger partial charge in [0.1, 0.15) is 0 Å². The summed E-state index contributed by atoms with van der Waals surface area (Å²) < 4.78 is 38.8. The molecule has 176 valence electrons. The lowest BCUT2D eigenvalue weighted by Gasteiger charge is -2.23. The van der Waals surface area contributed by atoms with Crippen LogP contribution >= 0.6 is 11.8 Å². The van der Waals surface area contributed by atoms with E-state index in [1.165, 1.54) is 23.9 Å². The van der Waals surface area contributed by atoms with Gasteiger partial charge in [0.2, 0.25) is 0 Å². The highest BCUT2D eigenvalue weighted by Crippen LogP contribution is 2.39. The molecule has 31 heavy (non-hydrogen) atoms. The van der Waals surface area contributed by atoms with Crippen LogP contribution in [0.15, 0.2) is 24.3 Å². The zero-order chi connectivity index (χ0) is 23.2. The lowest BCUT2D eigenvalue weighted by molar-refractivity contribution is -0.140. The van der Waals surface area contributed by atoms with Gasteiger partial charge in [-0.05, 0) is 37.3 Å². The van der Waals surface area contributed by atoms with Crippen LogP contribution in [0.5, 0.6) is 0 Å². The summed E-state index contributed by atoms with van der Waals surface area (Å²) in [6.07, 6.45) is -3.13. The van der Waals surface area contributed by atoms with Gasteiger partial charge in [0.05, 0.1) is 29.8 Å². The Labute approximate surface area is 184 Å². The SMILES string of the molecule is CC(O)CS[C@H]1C(O)CC(O)[C@@H]1CCCCCC(C(=O)O)c1cccc(C(F)(F)F)c1. The Balaban J connectivity index is 1.86. The Kier molecular flexibility index (Phi) is 9.66. The maximum absolute atomic E-state index is 12.9. The summed E-state index contributed by atoms with van der Waals surface area (Å²) >= 11 is 1.46. The van der Waals surface area contributed by atoms with Crippen molar-refractivity contribution in [2.24, 2.45) is 5.92 Å². The maximum atomic E-state index is 12.9. The van der Waals surface area contributed by atoms with Crippen molar-refractivity contribution in [1.82, 2.24) is 0 Å². The van der Waals surface area contributed by atoms with E-state index in [0.717, 1.165) is 18.6 Å². The van der Waals surface area contributed by atoms with Crippen LogP contribution in [0.25, 0.3) is 0 Å². The molecule has 0 bridgehead atoms. The second-order valence-electron chi connectivity index (χ2n) is 8.33. The number of carboxylic acid groups (broad SMARTS) is 1. The van der Waals surface area contributed by atoms with Crippen molar-refractivity contribution in [3.05, 3.63) is 35.4 Å². The molecule has 5 nitrogen and oxygen atoms in total. The number of aliphatic hydroxyl groups is 3. The number of aliphatic hydroxyl groups excluding tert-OH is 3. The van der Waals surface area contributed by atoms with Gasteiger partial charge in [-0.15, -0.1) is 0 Å². The van der Waals surface area contributed by atoms with Gasteiger partial charge in [-0.1, -0.05) is 37.5 Å². The van der Waals surface area contributed by atoms with Crippen molar-refractivity contribution in [2.45, 2.75) is 81.1 Å². The molecule has 1 saturated carbocycles. The average molecular weight is 465 g/mol. The monoisotopic (exact) mass is 464 g/mol. The van der Waals surface area contributed by atoms with Crippen molar-refractivity contribution >= 4 is 17.7 Å². The van der Waals surface area contributed by atoms with E-state index in [0.29, 0.717) is 31.4 Å². The molecular weight excluding hydrogens is 433 g/mol. The maximum Gasteiger partial charge on any atom is 0.416 e. The molecule has 0 aromatic heterocycles. The highest BCUT2D eigenvalue weighted by molar-refractivity contribution is 8.00. The van der Waals surface area contributed by atoms with Gasteiger partial charge in [0.25, 0.3) is 0 Å². The van der Waals surface area contributed by atoms with E-state index in [1.54, 1.807) is 6.92 Å². The van der Waals surface area contributed by atoms with Crippen molar-refractivity contribution < 1.29 is 38.4 Å². The van der Waals surface area contributed by atoms with Crippen LogP contribution in [0, 0.1) is 5.92 Å². The van der Waals surface area contributed by atoms with E-state index in [9.17, 15) is 38.4 Å².